The summed E-state index contributed by atoms with van der Waals surface area (Å²) in [5, 5.41) is 0.556. The standard InChI is InChI=1S/C13H10ClIN2/c14-12-11(15)7-16-13(17-12)10-6-5-8-3-1-2-4-9(8)10/h1-4,7,10H,5-6H2. The molecule has 1 aliphatic rings. The van der Waals surface area contributed by atoms with Gasteiger partial charge in [0.25, 0.3) is 0 Å². The molecule has 0 amide bonds. The lowest BCUT2D eigenvalue weighted by atomic mass is 10.0. The molecule has 17 heavy (non-hydrogen) atoms. The average Bonchev–Trinajstić information content (AvgIpc) is 2.76. The molecule has 1 heterocycles. The molecular formula is C13H10ClIN2. The molecule has 4 heteroatoms. The van der Waals surface area contributed by atoms with Crippen LogP contribution in [-0.4, -0.2) is 9.97 Å². The minimum Gasteiger partial charge on any atom is -0.239 e. The van der Waals surface area contributed by atoms with Crippen LogP contribution in [0, 0.1) is 3.57 Å². The number of hydrogen-bond donors (Lipinski definition) is 0. The summed E-state index contributed by atoms with van der Waals surface area (Å²) in [7, 11) is 0. The highest BCUT2D eigenvalue weighted by molar-refractivity contribution is 14.1. The van der Waals surface area contributed by atoms with E-state index >= 15 is 0 Å². The molecule has 0 aliphatic heterocycles. The topological polar surface area (TPSA) is 25.8 Å². The number of halogens is 2. The van der Waals surface area contributed by atoms with Gasteiger partial charge >= 0.3 is 0 Å². The van der Waals surface area contributed by atoms with E-state index in [2.05, 4.69) is 56.8 Å². The van der Waals surface area contributed by atoms with Gasteiger partial charge in [-0.1, -0.05) is 35.9 Å². The second-order valence-electron chi connectivity index (χ2n) is 4.16. The summed E-state index contributed by atoms with van der Waals surface area (Å²) in [4.78, 5) is 8.82. The van der Waals surface area contributed by atoms with Gasteiger partial charge in [0.2, 0.25) is 0 Å². The zero-order valence-corrected chi connectivity index (χ0v) is 11.9. The lowest BCUT2D eigenvalue weighted by Gasteiger charge is -2.10. The Morgan fingerprint density at radius 1 is 1.29 bits per heavy atom. The Morgan fingerprint density at radius 3 is 2.94 bits per heavy atom. The van der Waals surface area contributed by atoms with E-state index in [9.17, 15) is 0 Å². The second-order valence-corrected chi connectivity index (χ2v) is 5.68. The summed E-state index contributed by atoms with van der Waals surface area (Å²) in [6, 6.07) is 8.51. The first kappa shape index (κ1) is 11.4. The molecule has 1 aromatic heterocycles. The number of nitrogens with zero attached hydrogens (tertiary/aromatic N) is 2. The van der Waals surface area contributed by atoms with Crippen LogP contribution in [0.25, 0.3) is 0 Å². The van der Waals surface area contributed by atoms with Crippen LogP contribution >= 0.6 is 34.2 Å². The fourth-order valence-corrected chi connectivity index (χ4v) is 2.75. The van der Waals surface area contributed by atoms with E-state index in [1.54, 1.807) is 6.20 Å². The Morgan fingerprint density at radius 2 is 2.12 bits per heavy atom. The van der Waals surface area contributed by atoms with Gasteiger partial charge in [0.1, 0.15) is 11.0 Å². The minimum atomic E-state index is 0.306. The fourth-order valence-electron chi connectivity index (χ4n) is 2.35. The molecular weight excluding hydrogens is 347 g/mol. The Kier molecular flexibility index (Phi) is 3.04. The summed E-state index contributed by atoms with van der Waals surface area (Å²) in [6.45, 7) is 0. The van der Waals surface area contributed by atoms with Crippen LogP contribution in [0.3, 0.4) is 0 Å². The van der Waals surface area contributed by atoms with Gasteiger partial charge in [-0.05, 0) is 46.6 Å². The predicted molar refractivity (Wildman–Crippen MR) is 76.4 cm³/mol. The molecule has 0 saturated heterocycles. The van der Waals surface area contributed by atoms with Crippen molar-refractivity contribution in [3.05, 3.63) is 56.1 Å². The molecule has 0 saturated carbocycles. The van der Waals surface area contributed by atoms with Gasteiger partial charge in [-0.15, -0.1) is 0 Å². The number of aryl methyl sites for hydroxylation is 1. The summed E-state index contributed by atoms with van der Waals surface area (Å²) in [6.07, 6.45) is 3.98. The Hall–Kier alpha value is -0.680. The van der Waals surface area contributed by atoms with Crippen LogP contribution < -0.4 is 0 Å². The second kappa shape index (κ2) is 4.53. The van der Waals surface area contributed by atoms with Gasteiger partial charge in [0, 0.05) is 12.1 Å². The minimum absolute atomic E-state index is 0.306. The van der Waals surface area contributed by atoms with Crippen molar-refractivity contribution in [2.75, 3.05) is 0 Å². The van der Waals surface area contributed by atoms with E-state index in [1.165, 1.54) is 11.1 Å². The molecule has 0 N–H and O–H groups in total. The van der Waals surface area contributed by atoms with Crippen LogP contribution in [0.15, 0.2) is 30.5 Å². The van der Waals surface area contributed by atoms with Crippen molar-refractivity contribution >= 4 is 34.2 Å². The molecule has 86 valence electrons. The molecule has 0 radical (unpaired) electrons. The van der Waals surface area contributed by atoms with Crippen LogP contribution in [0.2, 0.25) is 5.15 Å². The van der Waals surface area contributed by atoms with Crippen LogP contribution in [0.1, 0.15) is 29.3 Å². The number of benzene rings is 1. The molecule has 0 bridgehead atoms. The van der Waals surface area contributed by atoms with E-state index in [1.807, 2.05) is 0 Å². The molecule has 3 rings (SSSR count). The molecule has 2 aromatic rings. The predicted octanol–water partition coefficient (Wildman–Crippen LogP) is 3.81. The maximum atomic E-state index is 6.06. The van der Waals surface area contributed by atoms with E-state index < -0.39 is 0 Å². The Labute approximate surface area is 119 Å². The lowest BCUT2D eigenvalue weighted by molar-refractivity contribution is 0.727. The van der Waals surface area contributed by atoms with Crippen molar-refractivity contribution in [2.45, 2.75) is 18.8 Å². The third-order valence-corrected chi connectivity index (χ3v) is 4.56. The zero-order chi connectivity index (χ0) is 11.8. The number of rotatable bonds is 1. The highest BCUT2D eigenvalue weighted by Gasteiger charge is 2.25. The molecule has 1 aromatic carbocycles. The first-order chi connectivity index (χ1) is 8.25. The zero-order valence-electron chi connectivity index (χ0n) is 9.03. The van der Waals surface area contributed by atoms with E-state index in [0.717, 1.165) is 22.2 Å². The highest BCUT2D eigenvalue weighted by Crippen LogP contribution is 2.36. The van der Waals surface area contributed by atoms with Crippen LogP contribution in [0.4, 0.5) is 0 Å². The van der Waals surface area contributed by atoms with E-state index in [-0.39, 0.29) is 0 Å². The highest BCUT2D eigenvalue weighted by atomic mass is 127. The molecule has 1 aliphatic carbocycles. The molecule has 1 atom stereocenters. The van der Waals surface area contributed by atoms with Crippen molar-refractivity contribution < 1.29 is 0 Å². The quantitative estimate of drug-likeness (QED) is 0.573. The third-order valence-electron chi connectivity index (χ3n) is 3.16. The Balaban J connectivity index is 2.04. The molecule has 2 nitrogen and oxygen atoms in total. The summed E-state index contributed by atoms with van der Waals surface area (Å²) in [5.41, 5.74) is 2.76. The van der Waals surface area contributed by atoms with Gasteiger partial charge in [-0.2, -0.15) is 0 Å². The van der Waals surface area contributed by atoms with E-state index in [4.69, 9.17) is 11.6 Å². The third kappa shape index (κ3) is 2.06. The van der Waals surface area contributed by atoms with Crippen LogP contribution in [0.5, 0.6) is 0 Å². The smallest absolute Gasteiger partial charge is 0.146 e. The summed E-state index contributed by atoms with van der Waals surface area (Å²) >= 11 is 8.21. The van der Waals surface area contributed by atoms with E-state index in [0.29, 0.717) is 11.1 Å². The normalized spacial score (nSPS) is 18.1. The fraction of sp³-hybridized carbons (Fsp3) is 0.231. The number of aromatic nitrogens is 2. The van der Waals surface area contributed by atoms with Gasteiger partial charge < -0.3 is 0 Å². The van der Waals surface area contributed by atoms with Crippen molar-refractivity contribution in [1.82, 2.24) is 9.97 Å². The maximum Gasteiger partial charge on any atom is 0.146 e. The van der Waals surface area contributed by atoms with Crippen LogP contribution in [-0.2, 0) is 6.42 Å². The first-order valence-corrected chi connectivity index (χ1v) is 6.97. The summed E-state index contributed by atoms with van der Waals surface area (Å²) < 4.78 is 0.902. The van der Waals surface area contributed by atoms with Gasteiger partial charge in [-0.25, -0.2) is 9.97 Å². The van der Waals surface area contributed by atoms with Crippen molar-refractivity contribution in [1.29, 1.82) is 0 Å². The maximum absolute atomic E-state index is 6.06. The molecule has 1 unspecified atom stereocenters. The Bertz CT molecular complexity index is 571. The largest absolute Gasteiger partial charge is 0.239 e. The SMILES string of the molecule is Clc1nc(C2CCc3ccccc32)ncc1I. The molecule has 0 spiro atoms. The summed E-state index contributed by atoms with van der Waals surface area (Å²) in [5.74, 6) is 1.15. The van der Waals surface area contributed by atoms with Crippen molar-refractivity contribution in [2.24, 2.45) is 0 Å². The van der Waals surface area contributed by atoms with Crippen molar-refractivity contribution in [3.8, 4) is 0 Å². The first-order valence-electron chi connectivity index (χ1n) is 5.51. The van der Waals surface area contributed by atoms with Crippen molar-refractivity contribution in [3.63, 3.8) is 0 Å². The number of hydrogen-bond acceptors (Lipinski definition) is 2. The number of fused-ring (bicyclic) bond motifs is 1. The lowest BCUT2D eigenvalue weighted by Crippen LogP contribution is -2.03. The van der Waals surface area contributed by atoms with Gasteiger partial charge in [0.15, 0.2) is 0 Å². The van der Waals surface area contributed by atoms with Gasteiger partial charge in [-0.3, -0.25) is 0 Å². The molecule has 0 fully saturated rings. The monoisotopic (exact) mass is 356 g/mol. The average molecular weight is 357 g/mol. The van der Waals surface area contributed by atoms with Gasteiger partial charge in [0.05, 0.1) is 3.57 Å².